The summed E-state index contributed by atoms with van der Waals surface area (Å²) in [6.45, 7) is 13.9. The molecule has 2 amide bonds. The first-order valence-electron chi connectivity index (χ1n) is 11.3. The SMILES string of the molecule is CC(C)CN1CCOC(CNC(=O)NCc2ccc(N3CC(C)OC(C)C3)c(F)c2)C1. The summed E-state index contributed by atoms with van der Waals surface area (Å²) in [4.78, 5) is 16.6. The van der Waals surface area contributed by atoms with E-state index in [0.29, 0.717) is 37.8 Å². The molecule has 0 saturated carbocycles. The molecule has 2 aliphatic rings. The smallest absolute Gasteiger partial charge is 0.315 e. The van der Waals surface area contributed by atoms with Crippen molar-refractivity contribution in [2.24, 2.45) is 5.92 Å². The van der Waals surface area contributed by atoms with E-state index in [0.717, 1.165) is 25.2 Å². The van der Waals surface area contributed by atoms with Gasteiger partial charge in [0.1, 0.15) is 5.82 Å². The highest BCUT2D eigenvalue weighted by molar-refractivity contribution is 5.73. The average molecular weight is 437 g/mol. The van der Waals surface area contributed by atoms with E-state index in [1.165, 1.54) is 6.07 Å². The summed E-state index contributed by atoms with van der Waals surface area (Å²) in [6, 6.07) is 4.87. The fraction of sp³-hybridized carbons (Fsp3) is 0.696. The molecule has 2 saturated heterocycles. The van der Waals surface area contributed by atoms with Crippen LogP contribution in [0.15, 0.2) is 18.2 Å². The third kappa shape index (κ3) is 7.33. The van der Waals surface area contributed by atoms with Gasteiger partial charge in [-0.2, -0.15) is 0 Å². The third-order valence-corrected chi connectivity index (χ3v) is 5.56. The summed E-state index contributed by atoms with van der Waals surface area (Å²) in [6.07, 6.45) is 0.130. The maximum absolute atomic E-state index is 14.7. The van der Waals surface area contributed by atoms with Gasteiger partial charge < -0.3 is 25.0 Å². The first kappa shape index (κ1) is 23.8. The molecule has 7 nitrogen and oxygen atoms in total. The number of morpholine rings is 2. The number of benzene rings is 1. The zero-order valence-corrected chi connectivity index (χ0v) is 19.2. The first-order chi connectivity index (χ1) is 14.8. The molecule has 0 spiro atoms. The van der Waals surface area contributed by atoms with Crippen LogP contribution in [-0.2, 0) is 16.0 Å². The van der Waals surface area contributed by atoms with Crippen molar-refractivity contribution in [3.63, 3.8) is 0 Å². The largest absolute Gasteiger partial charge is 0.374 e. The number of urea groups is 1. The number of rotatable bonds is 7. The van der Waals surface area contributed by atoms with Crippen LogP contribution in [0.1, 0.15) is 33.3 Å². The topological polar surface area (TPSA) is 66.1 Å². The van der Waals surface area contributed by atoms with Crippen LogP contribution < -0.4 is 15.5 Å². The Bertz CT molecular complexity index is 723. The maximum Gasteiger partial charge on any atom is 0.315 e. The summed E-state index contributed by atoms with van der Waals surface area (Å²) < 4.78 is 26.2. The van der Waals surface area contributed by atoms with Crippen molar-refractivity contribution in [3.8, 4) is 0 Å². The van der Waals surface area contributed by atoms with Crippen LogP contribution in [0.4, 0.5) is 14.9 Å². The van der Waals surface area contributed by atoms with Crippen molar-refractivity contribution in [1.29, 1.82) is 0 Å². The van der Waals surface area contributed by atoms with Gasteiger partial charge in [-0.3, -0.25) is 4.90 Å². The highest BCUT2D eigenvalue weighted by atomic mass is 19.1. The Morgan fingerprint density at radius 1 is 1.19 bits per heavy atom. The molecule has 2 heterocycles. The Labute approximate surface area is 185 Å². The van der Waals surface area contributed by atoms with E-state index < -0.39 is 0 Å². The van der Waals surface area contributed by atoms with E-state index in [1.807, 2.05) is 24.8 Å². The Morgan fingerprint density at radius 3 is 2.61 bits per heavy atom. The summed E-state index contributed by atoms with van der Waals surface area (Å²) in [7, 11) is 0. The van der Waals surface area contributed by atoms with Crippen molar-refractivity contribution in [3.05, 3.63) is 29.6 Å². The molecule has 2 N–H and O–H groups in total. The van der Waals surface area contributed by atoms with Crippen LogP contribution in [0, 0.1) is 11.7 Å². The number of nitrogens with one attached hydrogen (secondary N) is 2. The van der Waals surface area contributed by atoms with Crippen LogP contribution >= 0.6 is 0 Å². The summed E-state index contributed by atoms with van der Waals surface area (Å²) in [5.74, 6) is 0.332. The van der Waals surface area contributed by atoms with E-state index in [4.69, 9.17) is 9.47 Å². The Hall–Kier alpha value is -1.90. The lowest BCUT2D eigenvalue weighted by Gasteiger charge is -2.37. The van der Waals surface area contributed by atoms with Crippen LogP contribution in [0.5, 0.6) is 0 Å². The number of halogens is 1. The second-order valence-electron chi connectivity index (χ2n) is 9.16. The molecule has 3 rings (SSSR count). The van der Waals surface area contributed by atoms with Gasteiger partial charge in [0.15, 0.2) is 0 Å². The van der Waals surface area contributed by atoms with Gasteiger partial charge in [0, 0.05) is 45.8 Å². The monoisotopic (exact) mass is 436 g/mol. The van der Waals surface area contributed by atoms with Gasteiger partial charge in [-0.1, -0.05) is 19.9 Å². The molecule has 174 valence electrons. The predicted octanol–water partition coefficient (Wildman–Crippen LogP) is 2.60. The number of carbonyl (C=O) groups is 1. The average Bonchev–Trinajstić information content (AvgIpc) is 2.70. The van der Waals surface area contributed by atoms with Crippen molar-refractivity contribution in [2.75, 3.05) is 50.8 Å². The fourth-order valence-electron chi connectivity index (χ4n) is 4.33. The van der Waals surface area contributed by atoms with E-state index >= 15 is 0 Å². The standard InChI is InChI=1S/C23H37FN4O3/c1-16(2)12-27-7-8-30-20(15-27)11-26-23(29)25-10-19-5-6-22(21(24)9-19)28-13-17(3)31-18(4)14-28/h5-6,9,16-18,20H,7-8,10-15H2,1-4H3,(H2,25,26,29). The van der Waals surface area contributed by atoms with Crippen LogP contribution in [0.25, 0.3) is 0 Å². The highest BCUT2D eigenvalue weighted by Gasteiger charge is 2.24. The lowest BCUT2D eigenvalue weighted by molar-refractivity contribution is -0.0290. The predicted molar refractivity (Wildman–Crippen MR) is 120 cm³/mol. The van der Waals surface area contributed by atoms with Gasteiger partial charge in [0.25, 0.3) is 0 Å². The maximum atomic E-state index is 14.7. The minimum absolute atomic E-state index is 0.00622. The van der Waals surface area contributed by atoms with Gasteiger partial charge in [-0.25, -0.2) is 9.18 Å². The number of hydrogen-bond acceptors (Lipinski definition) is 5. The second-order valence-corrected chi connectivity index (χ2v) is 9.16. The van der Waals surface area contributed by atoms with Crippen molar-refractivity contribution < 1.29 is 18.7 Å². The number of hydrogen-bond donors (Lipinski definition) is 2. The number of carbonyl (C=O) groups excluding carboxylic acids is 1. The summed E-state index contributed by atoms with van der Waals surface area (Å²) >= 11 is 0. The Balaban J connectivity index is 1.43. The molecule has 0 radical (unpaired) electrons. The molecule has 8 heteroatoms. The summed E-state index contributed by atoms with van der Waals surface area (Å²) in [5.41, 5.74) is 1.30. The second kappa shape index (κ2) is 11.1. The molecule has 0 aliphatic carbocycles. The molecule has 1 aromatic carbocycles. The van der Waals surface area contributed by atoms with E-state index in [1.54, 1.807) is 6.07 Å². The van der Waals surface area contributed by atoms with Crippen LogP contribution in [0.3, 0.4) is 0 Å². The van der Waals surface area contributed by atoms with E-state index in [-0.39, 0.29) is 36.7 Å². The zero-order chi connectivity index (χ0) is 22.4. The van der Waals surface area contributed by atoms with Crippen LogP contribution in [-0.4, -0.2) is 75.1 Å². The Morgan fingerprint density at radius 2 is 1.94 bits per heavy atom. The molecule has 1 aromatic rings. The molecule has 0 bridgehead atoms. The number of amides is 2. The van der Waals surface area contributed by atoms with E-state index in [9.17, 15) is 9.18 Å². The lowest BCUT2D eigenvalue weighted by atomic mass is 10.1. The first-order valence-corrected chi connectivity index (χ1v) is 11.3. The minimum Gasteiger partial charge on any atom is -0.374 e. The van der Waals surface area contributed by atoms with Gasteiger partial charge in [-0.15, -0.1) is 0 Å². The van der Waals surface area contributed by atoms with Crippen molar-refractivity contribution >= 4 is 11.7 Å². The van der Waals surface area contributed by atoms with E-state index in [2.05, 4.69) is 29.4 Å². The molecule has 2 aliphatic heterocycles. The molecule has 3 unspecified atom stereocenters. The quantitative estimate of drug-likeness (QED) is 0.688. The van der Waals surface area contributed by atoms with Crippen LogP contribution in [0.2, 0.25) is 0 Å². The molecule has 0 aromatic heterocycles. The molecular weight excluding hydrogens is 399 g/mol. The normalized spacial score (nSPS) is 25.0. The number of nitrogens with zero attached hydrogens (tertiary/aromatic N) is 2. The molecule has 2 fully saturated rings. The third-order valence-electron chi connectivity index (χ3n) is 5.56. The van der Waals surface area contributed by atoms with Gasteiger partial charge in [0.05, 0.1) is 30.6 Å². The molecular formula is C23H37FN4O3. The summed E-state index contributed by atoms with van der Waals surface area (Å²) in [5, 5.41) is 5.67. The molecule has 3 atom stereocenters. The van der Waals surface area contributed by atoms with Gasteiger partial charge in [0.2, 0.25) is 0 Å². The van der Waals surface area contributed by atoms with Crippen molar-refractivity contribution in [1.82, 2.24) is 15.5 Å². The number of ether oxygens (including phenoxy) is 2. The van der Waals surface area contributed by atoms with Crippen molar-refractivity contribution in [2.45, 2.75) is 52.6 Å². The van der Waals surface area contributed by atoms with Gasteiger partial charge in [-0.05, 0) is 37.5 Å². The fourth-order valence-corrected chi connectivity index (χ4v) is 4.33. The highest BCUT2D eigenvalue weighted by Crippen LogP contribution is 2.24. The lowest BCUT2D eigenvalue weighted by Crippen LogP contribution is -2.49. The minimum atomic E-state index is -0.276. The van der Waals surface area contributed by atoms with Gasteiger partial charge >= 0.3 is 6.03 Å². The molecule has 31 heavy (non-hydrogen) atoms. The zero-order valence-electron chi connectivity index (χ0n) is 19.2. The number of anilines is 1. The Kier molecular flexibility index (Phi) is 8.51.